The Bertz CT molecular complexity index is 156. The second-order valence-corrected chi connectivity index (χ2v) is 4.76. The lowest BCUT2D eigenvalue weighted by Gasteiger charge is -2.03. The fourth-order valence-corrected chi connectivity index (χ4v) is 1.77. The fraction of sp³-hybridized carbons (Fsp3) is 0.889. The highest BCUT2D eigenvalue weighted by Gasteiger charge is 1.96. The van der Waals surface area contributed by atoms with Crippen LogP contribution >= 0.6 is 12.2 Å². The highest BCUT2D eigenvalue weighted by atomic mass is 32.2. The van der Waals surface area contributed by atoms with Gasteiger partial charge in [0.05, 0.1) is 11.4 Å². The van der Waals surface area contributed by atoms with Crippen LogP contribution in [0.5, 0.6) is 0 Å². The van der Waals surface area contributed by atoms with Crippen molar-refractivity contribution in [1.82, 2.24) is 0 Å². The van der Waals surface area contributed by atoms with Crippen molar-refractivity contribution >= 4 is 28.6 Å². The van der Waals surface area contributed by atoms with Gasteiger partial charge in [0.15, 0.2) is 0 Å². The molecule has 0 heterocycles. The summed E-state index contributed by atoms with van der Waals surface area (Å²) >= 11 is 3.83. The van der Waals surface area contributed by atoms with Crippen LogP contribution in [-0.4, -0.2) is 28.3 Å². The molecule has 2 nitrogen and oxygen atoms in total. The maximum absolute atomic E-state index is 10.7. The maximum Gasteiger partial charge on any atom is 0.105 e. The molecule has 0 aliphatic rings. The maximum atomic E-state index is 10.7. The molecule has 76 valence electrons. The van der Waals surface area contributed by atoms with Crippen molar-refractivity contribution in [1.29, 1.82) is 0 Å². The molecule has 0 unspecified atom stereocenters. The molecule has 0 aromatic carbocycles. The molecule has 0 amide bonds. The lowest BCUT2D eigenvalue weighted by atomic mass is 10.1. The molecule has 0 rings (SSSR count). The quantitative estimate of drug-likeness (QED) is 0.272. The van der Waals surface area contributed by atoms with Crippen LogP contribution in [0, 0.1) is 0 Å². The third kappa shape index (κ3) is 12.1. The number of rotatable bonds is 8. The zero-order valence-electron chi connectivity index (χ0n) is 8.12. The van der Waals surface area contributed by atoms with Crippen LogP contribution in [0.3, 0.4) is 0 Å². The summed E-state index contributed by atoms with van der Waals surface area (Å²) in [7, 11) is 0. The molecule has 13 heavy (non-hydrogen) atoms. The molecule has 0 saturated heterocycles. The van der Waals surface area contributed by atoms with Gasteiger partial charge in [-0.25, -0.2) is 4.99 Å². The van der Waals surface area contributed by atoms with Gasteiger partial charge in [0.2, 0.25) is 0 Å². The summed E-state index contributed by atoms with van der Waals surface area (Å²) in [6.07, 6.45) is 7.52. The topological polar surface area (TPSA) is 35.4 Å². The van der Waals surface area contributed by atoms with E-state index in [9.17, 15) is 4.55 Å². The summed E-state index contributed by atoms with van der Waals surface area (Å²) < 4.78 is 10.7. The minimum absolute atomic E-state index is 0.618. The molecule has 0 aromatic rings. The monoisotopic (exact) mass is 219 g/mol. The molecule has 0 aliphatic heterocycles. The average Bonchev–Trinajstić information content (AvgIpc) is 2.09. The van der Waals surface area contributed by atoms with Gasteiger partial charge >= 0.3 is 0 Å². The highest BCUT2D eigenvalue weighted by Crippen LogP contribution is 2.04. The molecule has 0 spiro atoms. The lowest BCUT2D eigenvalue weighted by Crippen LogP contribution is -2.02. The molecule has 4 heteroatoms. The Morgan fingerprint density at radius 2 is 1.85 bits per heavy atom. The molecule has 0 N–H and O–H groups in total. The Labute approximate surface area is 89.0 Å². The minimum Gasteiger partial charge on any atom is -0.617 e. The van der Waals surface area contributed by atoms with E-state index in [-0.39, 0.29) is 0 Å². The van der Waals surface area contributed by atoms with Gasteiger partial charge in [-0.3, -0.25) is 0 Å². The first-order chi connectivity index (χ1) is 6.27. The zero-order chi connectivity index (χ0) is 9.94. The first-order valence-corrected chi connectivity index (χ1v) is 6.74. The minimum atomic E-state index is -0.618. The summed E-state index contributed by atoms with van der Waals surface area (Å²) in [5.41, 5.74) is 0. The largest absolute Gasteiger partial charge is 0.617 e. The Morgan fingerprint density at radius 1 is 1.23 bits per heavy atom. The van der Waals surface area contributed by atoms with Crippen molar-refractivity contribution < 1.29 is 4.55 Å². The van der Waals surface area contributed by atoms with Crippen molar-refractivity contribution in [3.05, 3.63) is 0 Å². The van der Waals surface area contributed by atoms with Gasteiger partial charge in [0, 0.05) is 6.54 Å². The Balaban J connectivity index is 2.95. The van der Waals surface area contributed by atoms with Gasteiger partial charge in [0.25, 0.3) is 0 Å². The Kier molecular flexibility index (Phi) is 10.3. The van der Waals surface area contributed by atoms with E-state index in [1.54, 1.807) is 6.26 Å². The predicted molar refractivity (Wildman–Crippen MR) is 61.9 cm³/mol. The van der Waals surface area contributed by atoms with Crippen molar-refractivity contribution in [2.45, 2.75) is 32.1 Å². The van der Waals surface area contributed by atoms with E-state index >= 15 is 0 Å². The predicted octanol–water partition coefficient (Wildman–Crippen LogP) is 2.42. The summed E-state index contributed by atoms with van der Waals surface area (Å²) in [4.78, 5) is 3.83. The Hall–Kier alpha value is 0.110. The lowest BCUT2D eigenvalue weighted by molar-refractivity contribution is 0.590. The van der Waals surface area contributed by atoms with Crippen molar-refractivity contribution in [3.63, 3.8) is 0 Å². The molecule has 0 fully saturated rings. The van der Waals surface area contributed by atoms with Crippen LogP contribution in [-0.2, 0) is 11.2 Å². The molecule has 1 atom stereocenters. The summed E-state index contributed by atoms with van der Waals surface area (Å²) in [5.74, 6) is 0.845. The van der Waals surface area contributed by atoms with Crippen LogP contribution in [0.1, 0.15) is 32.1 Å². The summed E-state index contributed by atoms with van der Waals surface area (Å²) in [6, 6.07) is 0. The molecule has 0 aliphatic carbocycles. The number of aliphatic imine (C=N–C) groups is 1. The number of isothiocyanates is 1. The normalized spacial score (nSPS) is 12.2. The SMILES string of the molecule is C[S@@+]([O-])CCCCCCCN=C=S. The van der Waals surface area contributed by atoms with Gasteiger partial charge in [-0.2, -0.15) is 0 Å². The first kappa shape index (κ1) is 13.1. The molecule has 0 bridgehead atoms. The summed E-state index contributed by atoms with van der Waals surface area (Å²) in [5, 5.41) is 2.35. The van der Waals surface area contributed by atoms with E-state index < -0.39 is 11.2 Å². The molecular formula is C9H17NOS2. The van der Waals surface area contributed by atoms with Gasteiger partial charge in [-0.15, -0.1) is 0 Å². The van der Waals surface area contributed by atoms with E-state index in [0.29, 0.717) is 0 Å². The van der Waals surface area contributed by atoms with Gasteiger partial charge in [0.1, 0.15) is 5.75 Å². The van der Waals surface area contributed by atoms with Crippen molar-refractivity contribution in [2.24, 2.45) is 4.99 Å². The molecular weight excluding hydrogens is 202 g/mol. The number of hydrogen-bond acceptors (Lipinski definition) is 3. The highest BCUT2D eigenvalue weighted by molar-refractivity contribution is 7.90. The van der Waals surface area contributed by atoms with Gasteiger partial charge in [-0.05, 0) is 31.5 Å². The van der Waals surface area contributed by atoms with Gasteiger partial charge in [-0.1, -0.05) is 24.0 Å². The van der Waals surface area contributed by atoms with Crippen LogP contribution in [0.25, 0.3) is 0 Å². The molecule has 0 aromatic heterocycles. The van der Waals surface area contributed by atoms with Crippen LogP contribution in [0.4, 0.5) is 0 Å². The smallest absolute Gasteiger partial charge is 0.105 e. The second-order valence-electron chi connectivity index (χ2n) is 3.02. The van der Waals surface area contributed by atoms with Crippen LogP contribution < -0.4 is 0 Å². The number of thiocarbonyl (C=S) groups is 1. The molecule has 0 radical (unpaired) electrons. The number of nitrogens with zero attached hydrogens (tertiary/aromatic N) is 1. The fourth-order valence-electron chi connectivity index (χ4n) is 1.07. The van der Waals surface area contributed by atoms with Gasteiger partial charge < -0.3 is 4.55 Å². The average molecular weight is 219 g/mol. The van der Waals surface area contributed by atoms with Crippen LogP contribution in [0.2, 0.25) is 0 Å². The summed E-state index contributed by atoms with van der Waals surface area (Å²) in [6.45, 7) is 0.809. The Morgan fingerprint density at radius 3 is 2.46 bits per heavy atom. The second kappa shape index (κ2) is 10.2. The van der Waals surface area contributed by atoms with E-state index in [4.69, 9.17) is 0 Å². The standard InChI is InChI=1S/C9H17NOS2/c1-13(11)8-6-4-2-3-5-7-10-9-12/h2-8H2,1H3/t13-/m1/s1. The van der Waals surface area contributed by atoms with Crippen LogP contribution in [0.15, 0.2) is 4.99 Å². The van der Waals surface area contributed by atoms with E-state index in [0.717, 1.165) is 25.1 Å². The van der Waals surface area contributed by atoms with Crippen molar-refractivity contribution in [3.8, 4) is 0 Å². The third-order valence-corrected chi connectivity index (χ3v) is 2.76. The van der Waals surface area contributed by atoms with Crippen molar-refractivity contribution in [2.75, 3.05) is 18.6 Å². The first-order valence-electron chi connectivity index (χ1n) is 4.61. The third-order valence-electron chi connectivity index (χ3n) is 1.77. The van der Waals surface area contributed by atoms with E-state index in [1.807, 2.05) is 0 Å². The number of unbranched alkanes of at least 4 members (excludes halogenated alkanes) is 4. The van der Waals surface area contributed by atoms with E-state index in [2.05, 4.69) is 22.4 Å². The number of hydrogen-bond donors (Lipinski definition) is 0. The molecule has 0 saturated carbocycles. The van der Waals surface area contributed by atoms with E-state index in [1.165, 1.54) is 19.3 Å². The zero-order valence-corrected chi connectivity index (χ0v) is 9.75.